The minimum atomic E-state index is -0.893. The van der Waals surface area contributed by atoms with Gasteiger partial charge in [0.05, 0.1) is 5.02 Å². The number of esters is 1. The van der Waals surface area contributed by atoms with Crippen molar-refractivity contribution in [2.75, 3.05) is 12.4 Å². The van der Waals surface area contributed by atoms with Crippen molar-refractivity contribution in [3.05, 3.63) is 141 Å². The molecule has 1 unspecified atom stereocenters. The predicted octanol–water partition coefficient (Wildman–Crippen LogP) is 6.49. The van der Waals surface area contributed by atoms with Gasteiger partial charge in [0.15, 0.2) is 17.6 Å². The number of carbonyl (C=O) groups excluding carboxylic acids is 3. The van der Waals surface area contributed by atoms with Crippen molar-refractivity contribution < 1.29 is 28.6 Å². The second-order valence-corrected chi connectivity index (χ2v) is 14.0. The van der Waals surface area contributed by atoms with E-state index in [0.717, 1.165) is 11.1 Å². The number of benzene rings is 4. The Hall–Kier alpha value is -5.08. The minimum Gasteiger partial charge on any atom is -0.485 e. The van der Waals surface area contributed by atoms with Crippen molar-refractivity contribution in [3.8, 4) is 17.2 Å². The Kier molecular flexibility index (Phi) is 10.6. The first kappa shape index (κ1) is 35.3. The van der Waals surface area contributed by atoms with Crippen LogP contribution in [0.4, 0.5) is 0 Å². The first-order valence-corrected chi connectivity index (χ1v) is 18.0. The number of halogens is 3. The fourth-order valence-electron chi connectivity index (χ4n) is 5.67. The highest BCUT2D eigenvalue weighted by Gasteiger charge is 2.54. The monoisotopic (exact) mass is 776 g/mol. The molecule has 0 aliphatic carbocycles. The molecule has 2 amide bonds. The zero-order chi connectivity index (χ0) is 36.2. The summed E-state index contributed by atoms with van der Waals surface area (Å²) >= 11 is 20.2. The van der Waals surface area contributed by atoms with E-state index in [9.17, 15) is 14.4 Å². The number of amides is 2. The van der Waals surface area contributed by atoms with Gasteiger partial charge < -0.3 is 19.5 Å². The third kappa shape index (κ3) is 7.72. The Morgan fingerprint density at radius 1 is 0.885 bits per heavy atom. The lowest BCUT2D eigenvalue weighted by atomic mass is 10.0. The lowest BCUT2D eigenvalue weighted by Gasteiger charge is -2.49. The molecule has 1 saturated heterocycles. The molecule has 264 valence electrons. The molecule has 0 spiro atoms. The van der Waals surface area contributed by atoms with Gasteiger partial charge in [0.2, 0.25) is 5.91 Å². The van der Waals surface area contributed by atoms with Crippen molar-refractivity contribution in [1.82, 2.24) is 30.4 Å². The summed E-state index contributed by atoms with van der Waals surface area (Å²) in [5.74, 6) is -0.492. The van der Waals surface area contributed by atoms with Crippen LogP contribution in [-0.4, -0.2) is 66.7 Å². The van der Waals surface area contributed by atoms with Gasteiger partial charge in [0.25, 0.3) is 5.91 Å². The SMILES string of the molecule is O=C(Cn1cnnn1)NC1C(=O)N2C(C(=O)OC(c3ccccc3)c3ccccc3)=C(COc3cc(Cl)ccc3Oc3ccc(Cl)cc3Cl)CS[C@H]12. The highest BCUT2D eigenvalue weighted by Crippen LogP contribution is 2.43. The van der Waals surface area contributed by atoms with Crippen LogP contribution in [-0.2, 0) is 25.7 Å². The van der Waals surface area contributed by atoms with Crippen LogP contribution in [0.25, 0.3) is 0 Å². The summed E-state index contributed by atoms with van der Waals surface area (Å²) in [6.07, 6.45) is 0.515. The fraction of sp³-hybridized carbons (Fsp3) is 0.167. The van der Waals surface area contributed by atoms with Crippen LogP contribution in [0.3, 0.4) is 0 Å². The molecule has 2 aliphatic rings. The Morgan fingerprint density at radius 2 is 1.56 bits per heavy atom. The maximum absolute atomic E-state index is 14.4. The average molecular weight is 778 g/mol. The van der Waals surface area contributed by atoms with Crippen LogP contribution in [0, 0.1) is 0 Å². The van der Waals surface area contributed by atoms with Crippen molar-refractivity contribution in [2.45, 2.75) is 24.1 Å². The average Bonchev–Trinajstić information content (AvgIpc) is 3.67. The summed E-state index contributed by atoms with van der Waals surface area (Å²) < 4.78 is 19.8. The number of β-lactam (4-membered cyclic amide) rings is 1. The van der Waals surface area contributed by atoms with Crippen molar-refractivity contribution in [3.63, 3.8) is 0 Å². The topological polar surface area (TPSA) is 138 Å². The number of hydrogen-bond acceptors (Lipinski definition) is 10. The molecule has 0 bridgehead atoms. The van der Waals surface area contributed by atoms with Gasteiger partial charge in [-0.05, 0) is 51.9 Å². The smallest absolute Gasteiger partial charge is 0.356 e. The number of nitrogens with zero attached hydrogens (tertiary/aromatic N) is 5. The van der Waals surface area contributed by atoms with E-state index < -0.39 is 35.3 Å². The predicted molar refractivity (Wildman–Crippen MR) is 194 cm³/mol. The first-order valence-electron chi connectivity index (χ1n) is 15.8. The van der Waals surface area contributed by atoms with Crippen molar-refractivity contribution in [2.24, 2.45) is 0 Å². The van der Waals surface area contributed by atoms with Gasteiger partial charge in [0.1, 0.15) is 42.3 Å². The molecule has 3 heterocycles. The summed E-state index contributed by atoms with van der Waals surface area (Å²) in [7, 11) is 0. The molecular weight excluding hydrogens is 751 g/mol. The molecule has 5 aromatic rings. The molecule has 2 aliphatic heterocycles. The second-order valence-electron chi connectivity index (χ2n) is 11.6. The molecule has 1 N–H and O–H groups in total. The van der Waals surface area contributed by atoms with Crippen LogP contribution >= 0.6 is 46.6 Å². The van der Waals surface area contributed by atoms with Gasteiger partial charge in [-0.15, -0.1) is 16.9 Å². The quantitative estimate of drug-likeness (QED) is 0.111. The number of nitrogens with one attached hydrogen (secondary N) is 1. The standard InChI is InChI=1S/C36H27Cl3N6O6S/c37-24-11-13-27(26(39)15-24)50-28-14-12-25(38)16-29(28)49-18-23-19-52-35-31(41-30(46)17-44-20-40-42-43-44)34(47)45(35)32(23)36(48)51-33(21-7-3-1-4-8-21)22-9-5-2-6-10-22/h1-16,20,31,33,35H,17-19H2,(H,41,46)/t31?,35-/m1/s1. The van der Waals surface area contributed by atoms with E-state index in [1.807, 2.05) is 60.7 Å². The van der Waals surface area contributed by atoms with E-state index in [1.54, 1.807) is 36.4 Å². The Labute approximate surface area is 316 Å². The summed E-state index contributed by atoms with van der Waals surface area (Å²) in [6.45, 7) is -0.310. The molecule has 1 aromatic heterocycles. The number of fused-ring (bicyclic) bond motifs is 1. The van der Waals surface area contributed by atoms with Crippen LogP contribution in [0.2, 0.25) is 15.1 Å². The number of carbonyl (C=O) groups is 3. The van der Waals surface area contributed by atoms with Crippen molar-refractivity contribution in [1.29, 1.82) is 0 Å². The normalized spacial score (nSPS) is 16.6. The number of ether oxygens (including phenoxy) is 3. The van der Waals surface area contributed by atoms with E-state index in [-0.39, 0.29) is 35.4 Å². The number of thioether (sulfide) groups is 1. The van der Waals surface area contributed by atoms with E-state index in [1.165, 1.54) is 27.7 Å². The van der Waals surface area contributed by atoms with Gasteiger partial charge in [0, 0.05) is 27.4 Å². The molecule has 2 atom stereocenters. The Bertz CT molecular complexity index is 2100. The summed E-state index contributed by atoms with van der Waals surface area (Å²) in [5.41, 5.74) is 1.99. The van der Waals surface area contributed by atoms with Gasteiger partial charge >= 0.3 is 5.97 Å². The number of rotatable bonds is 12. The lowest BCUT2D eigenvalue weighted by Crippen LogP contribution is -2.71. The van der Waals surface area contributed by atoms with E-state index in [2.05, 4.69) is 20.8 Å². The molecule has 7 rings (SSSR count). The molecule has 12 nitrogen and oxygen atoms in total. The maximum atomic E-state index is 14.4. The number of tetrazole rings is 1. The van der Waals surface area contributed by atoms with Crippen LogP contribution in [0.1, 0.15) is 17.2 Å². The highest BCUT2D eigenvalue weighted by molar-refractivity contribution is 8.00. The molecule has 0 radical (unpaired) electrons. The fourth-order valence-corrected chi connectivity index (χ4v) is 7.61. The van der Waals surface area contributed by atoms with E-state index in [0.29, 0.717) is 27.1 Å². The maximum Gasteiger partial charge on any atom is 0.356 e. The molecule has 4 aromatic carbocycles. The lowest BCUT2D eigenvalue weighted by molar-refractivity contribution is -0.154. The molecule has 0 saturated carbocycles. The molecule has 52 heavy (non-hydrogen) atoms. The number of aromatic nitrogens is 4. The van der Waals surface area contributed by atoms with Gasteiger partial charge in [-0.25, -0.2) is 9.48 Å². The van der Waals surface area contributed by atoms with Crippen LogP contribution in [0.15, 0.2) is 115 Å². The highest BCUT2D eigenvalue weighted by atomic mass is 35.5. The van der Waals surface area contributed by atoms with E-state index in [4.69, 9.17) is 49.0 Å². The van der Waals surface area contributed by atoms with E-state index >= 15 is 0 Å². The second kappa shape index (κ2) is 15.7. The van der Waals surface area contributed by atoms with Crippen LogP contribution < -0.4 is 14.8 Å². The summed E-state index contributed by atoms with van der Waals surface area (Å²) in [4.78, 5) is 42.3. The molecule has 16 heteroatoms. The molecule has 1 fully saturated rings. The number of hydrogen-bond donors (Lipinski definition) is 1. The van der Waals surface area contributed by atoms with Crippen LogP contribution in [0.5, 0.6) is 17.2 Å². The van der Waals surface area contributed by atoms with Crippen molar-refractivity contribution >= 4 is 64.3 Å². The van der Waals surface area contributed by atoms with Gasteiger partial charge in [-0.2, -0.15) is 0 Å². The van der Waals surface area contributed by atoms with Gasteiger partial charge in [-0.3, -0.25) is 14.5 Å². The Balaban J connectivity index is 1.19. The Morgan fingerprint density at radius 3 is 2.21 bits per heavy atom. The zero-order valence-corrected chi connectivity index (χ0v) is 30.0. The largest absolute Gasteiger partial charge is 0.485 e. The minimum absolute atomic E-state index is 0.0295. The zero-order valence-electron chi connectivity index (χ0n) is 26.9. The third-order valence-corrected chi connectivity index (χ3v) is 10.2. The first-order chi connectivity index (χ1) is 25.2. The third-order valence-electron chi connectivity index (χ3n) is 8.11. The van der Waals surface area contributed by atoms with Gasteiger partial charge in [-0.1, -0.05) is 95.5 Å². The summed E-state index contributed by atoms with van der Waals surface area (Å²) in [6, 6.07) is 27.4. The molecular formula is C36H27Cl3N6O6S. The summed E-state index contributed by atoms with van der Waals surface area (Å²) in [5, 5.41) is 14.0.